The van der Waals surface area contributed by atoms with E-state index in [2.05, 4.69) is 17.0 Å². The van der Waals surface area contributed by atoms with Gasteiger partial charge in [0.05, 0.1) is 27.4 Å². The van der Waals surface area contributed by atoms with Crippen LogP contribution in [0.2, 0.25) is 5.02 Å². The molecule has 2 aromatic carbocycles. The van der Waals surface area contributed by atoms with Crippen LogP contribution in [-0.2, 0) is 21.2 Å². The van der Waals surface area contributed by atoms with Crippen LogP contribution in [0.1, 0.15) is 24.0 Å². The number of aryl methyl sites for hydroxylation is 2. The van der Waals surface area contributed by atoms with Gasteiger partial charge in [-0.2, -0.15) is 4.99 Å². The van der Waals surface area contributed by atoms with Gasteiger partial charge in [-0.15, -0.1) is 6.42 Å². The van der Waals surface area contributed by atoms with Crippen LogP contribution in [0.4, 0.5) is 0 Å². The molecule has 0 N–H and O–H groups in total. The first-order valence-electron chi connectivity index (χ1n) is 9.31. The van der Waals surface area contributed by atoms with Crippen molar-refractivity contribution >= 4 is 48.9 Å². The number of carbonyl (C=O) groups is 1. The van der Waals surface area contributed by atoms with Gasteiger partial charge in [-0.3, -0.25) is 4.79 Å². The van der Waals surface area contributed by atoms with Crippen molar-refractivity contribution in [3.8, 4) is 12.3 Å². The van der Waals surface area contributed by atoms with E-state index < -0.39 is 9.84 Å². The molecule has 8 heteroatoms. The monoisotopic (exact) mass is 460 g/mol. The van der Waals surface area contributed by atoms with Crippen LogP contribution in [0.25, 0.3) is 10.2 Å². The molecule has 156 valence electrons. The second-order valence-electron chi connectivity index (χ2n) is 6.96. The third-order valence-electron chi connectivity index (χ3n) is 4.74. The predicted octanol–water partition coefficient (Wildman–Crippen LogP) is 4.29. The number of benzene rings is 2. The molecule has 30 heavy (non-hydrogen) atoms. The largest absolute Gasteiger partial charge is 0.305 e. The number of sulfone groups is 1. The molecule has 0 unspecified atom stereocenters. The molecule has 3 aromatic rings. The Labute approximate surface area is 185 Å². The van der Waals surface area contributed by atoms with Gasteiger partial charge < -0.3 is 4.57 Å². The van der Waals surface area contributed by atoms with Crippen molar-refractivity contribution in [3.63, 3.8) is 0 Å². The molecule has 0 bridgehead atoms. The maximum Gasteiger partial charge on any atom is 0.248 e. The van der Waals surface area contributed by atoms with Gasteiger partial charge in [0, 0.05) is 11.4 Å². The minimum Gasteiger partial charge on any atom is -0.305 e. The van der Waals surface area contributed by atoms with Crippen molar-refractivity contribution in [2.75, 3.05) is 5.75 Å². The van der Waals surface area contributed by atoms with Gasteiger partial charge >= 0.3 is 0 Å². The number of halogens is 1. The zero-order chi connectivity index (χ0) is 21.9. The maximum atomic E-state index is 12.4. The molecule has 1 amide bonds. The Morgan fingerprint density at radius 1 is 1.20 bits per heavy atom. The lowest BCUT2D eigenvalue weighted by molar-refractivity contribution is -0.118. The first kappa shape index (κ1) is 22.3. The quantitative estimate of drug-likeness (QED) is 0.515. The van der Waals surface area contributed by atoms with Crippen LogP contribution in [0.5, 0.6) is 0 Å². The molecule has 0 fully saturated rings. The number of fused-ring (bicyclic) bond motifs is 1. The molecule has 1 heterocycles. The van der Waals surface area contributed by atoms with E-state index >= 15 is 0 Å². The summed E-state index contributed by atoms with van der Waals surface area (Å²) >= 11 is 7.20. The third kappa shape index (κ3) is 5.01. The van der Waals surface area contributed by atoms with Crippen LogP contribution in [-0.4, -0.2) is 24.6 Å². The van der Waals surface area contributed by atoms with E-state index in [0.717, 1.165) is 21.3 Å². The number of hydrogen-bond donors (Lipinski definition) is 0. The number of hydrogen-bond acceptors (Lipinski definition) is 4. The summed E-state index contributed by atoms with van der Waals surface area (Å²) in [5, 5.41) is 0.469. The molecule has 0 spiro atoms. The summed E-state index contributed by atoms with van der Waals surface area (Å²) in [4.78, 5) is 17.3. The minimum atomic E-state index is -3.47. The van der Waals surface area contributed by atoms with Gasteiger partial charge in [0.1, 0.15) is 0 Å². The molecule has 5 nitrogen and oxygen atoms in total. The fraction of sp³-hybridized carbons (Fsp3) is 0.273. The Morgan fingerprint density at radius 3 is 2.53 bits per heavy atom. The highest BCUT2D eigenvalue weighted by molar-refractivity contribution is 7.91. The van der Waals surface area contributed by atoms with Crippen LogP contribution >= 0.6 is 22.9 Å². The van der Waals surface area contributed by atoms with E-state index in [1.54, 1.807) is 0 Å². The Balaban J connectivity index is 1.78. The smallest absolute Gasteiger partial charge is 0.248 e. The lowest BCUT2D eigenvalue weighted by Crippen LogP contribution is -2.17. The summed E-state index contributed by atoms with van der Waals surface area (Å²) in [5.74, 6) is 2.10. The summed E-state index contributed by atoms with van der Waals surface area (Å²) in [6.07, 6.45) is 5.73. The molecular weight excluding hydrogens is 440 g/mol. The van der Waals surface area contributed by atoms with Gasteiger partial charge in [-0.1, -0.05) is 28.9 Å². The van der Waals surface area contributed by atoms with Gasteiger partial charge in [-0.05, 0) is 67.8 Å². The molecule has 0 saturated heterocycles. The number of terminal acetylenes is 1. The van der Waals surface area contributed by atoms with Crippen molar-refractivity contribution in [2.24, 2.45) is 4.99 Å². The second kappa shape index (κ2) is 9.17. The molecule has 1 aromatic heterocycles. The Kier molecular flexibility index (Phi) is 6.81. The molecular formula is C22H21ClN2O3S2. The van der Waals surface area contributed by atoms with Gasteiger partial charge in [0.2, 0.25) is 5.91 Å². The van der Waals surface area contributed by atoms with Crippen molar-refractivity contribution in [1.82, 2.24) is 4.57 Å². The number of aromatic nitrogens is 1. The highest BCUT2D eigenvalue weighted by Gasteiger charge is 2.15. The molecule has 0 aliphatic rings. The standard InChI is InChI=1S/C22H21ClN2O3S2/c1-4-11-25-19-13-15(2)16(3)14-20(19)29-22(25)24-21(26)6-5-12-30(27,28)18-9-7-17(23)8-10-18/h1,7-10,13-14H,5-6,11-12H2,2-3H3. The zero-order valence-corrected chi connectivity index (χ0v) is 19.1. The van der Waals surface area contributed by atoms with E-state index in [4.69, 9.17) is 18.0 Å². The fourth-order valence-corrected chi connectivity index (χ4v) is 5.55. The molecule has 0 saturated carbocycles. The number of thiazole rings is 1. The molecule has 0 radical (unpaired) electrons. The summed E-state index contributed by atoms with van der Waals surface area (Å²) in [7, 11) is -3.47. The lowest BCUT2D eigenvalue weighted by Gasteiger charge is -2.04. The third-order valence-corrected chi connectivity index (χ3v) is 7.85. The highest BCUT2D eigenvalue weighted by Crippen LogP contribution is 2.22. The van der Waals surface area contributed by atoms with Gasteiger partial charge in [0.15, 0.2) is 14.6 Å². The summed E-state index contributed by atoms with van der Waals surface area (Å²) in [5.41, 5.74) is 3.23. The Hall–Kier alpha value is -2.40. The predicted molar refractivity (Wildman–Crippen MR) is 121 cm³/mol. The van der Waals surface area contributed by atoms with Crippen LogP contribution < -0.4 is 4.80 Å². The molecule has 0 atom stereocenters. The van der Waals surface area contributed by atoms with E-state index in [-0.39, 0.29) is 29.4 Å². The number of carbonyl (C=O) groups excluding carboxylic acids is 1. The maximum absolute atomic E-state index is 12.4. The van der Waals surface area contributed by atoms with Crippen molar-refractivity contribution < 1.29 is 13.2 Å². The normalized spacial score (nSPS) is 12.3. The van der Waals surface area contributed by atoms with Crippen molar-refractivity contribution in [1.29, 1.82) is 0 Å². The summed E-state index contributed by atoms with van der Waals surface area (Å²) in [6.45, 7) is 4.36. The molecule has 0 aliphatic heterocycles. The van der Waals surface area contributed by atoms with E-state index in [0.29, 0.717) is 16.4 Å². The SMILES string of the molecule is C#CCn1c(=NC(=O)CCCS(=O)(=O)c2ccc(Cl)cc2)sc2cc(C)c(C)cc21. The van der Waals surface area contributed by atoms with Gasteiger partial charge in [-0.25, -0.2) is 8.42 Å². The second-order valence-corrected chi connectivity index (χ2v) is 10.5. The van der Waals surface area contributed by atoms with Crippen LogP contribution in [0, 0.1) is 26.2 Å². The first-order chi connectivity index (χ1) is 14.2. The number of nitrogens with zero attached hydrogens (tertiary/aromatic N) is 2. The van der Waals surface area contributed by atoms with E-state index in [9.17, 15) is 13.2 Å². The van der Waals surface area contributed by atoms with Crippen molar-refractivity contribution in [2.45, 2.75) is 38.1 Å². The average molecular weight is 461 g/mol. The van der Waals surface area contributed by atoms with Crippen LogP contribution in [0.3, 0.4) is 0 Å². The lowest BCUT2D eigenvalue weighted by atomic mass is 10.1. The Bertz CT molecular complexity index is 1310. The van der Waals surface area contributed by atoms with E-state index in [1.165, 1.54) is 35.6 Å². The molecule has 3 rings (SSSR count). The Morgan fingerprint density at radius 2 is 1.87 bits per heavy atom. The number of rotatable bonds is 6. The number of amides is 1. The van der Waals surface area contributed by atoms with E-state index in [1.807, 2.05) is 24.5 Å². The zero-order valence-electron chi connectivity index (χ0n) is 16.7. The first-order valence-corrected chi connectivity index (χ1v) is 12.2. The van der Waals surface area contributed by atoms with Gasteiger partial charge in [0.25, 0.3) is 0 Å². The molecule has 0 aliphatic carbocycles. The van der Waals surface area contributed by atoms with Crippen molar-refractivity contribution in [3.05, 3.63) is 57.3 Å². The average Bonchev–Trinajstić information content (AvgIpc) is 2.99. The minimum absolute atomic E-state index is 0.0369. The van der Waals surface area contributed by atoms with Crippen LogP contribution in [0.15, 0.2) is 46.3 Å². The highest BCUT2D eigenvalue weighted by atomic mass is 35.5. The fourth-order valence-electron chi connectivity index (χ4n) is 2.99. The summed E-state index contributed by atoms with van der Waals surface area (Å²) < 4.78 is 27.6. The summed E-state index contributed by atoms with van der Waals surface area (Å²) in [6, 6.07) is 10.1. The topological polar surface area (TPSA) is 68.5 Å².